The van der Waals surface area contributed by atoms with Crippen molar-refractivity contribution in [3.63, 3.8) is 0 Å². The first-order valence-corrected chi connectivity index (χ1v) is 8.01. The molecule has 0 radical (unpaired) electrons. The van der Waals surface area contributed by atoms with Crippen LogP contribution in [0.4, 0.5) is 10.1 Å². The van der Waals surface area contributed by atoms with Crippen LogP contribution in [0.15, 0.2) is 65.3 Å². The molecule has 0 aliphatic rings. The van der Waals surface area contributed by atoms with Gasteiger partial charge in [0.2, 0.25) is 0 Å². The molecule has 0 bridgehead atoms. The number of furan rings is 1. The highest BCUT2D eigenvalue weighted by molar-refractivity contribution is 6.05. The van der Waals surface area contributed by atoms with E-state index in [1.54, 1.807) is 49.4 Å². The number of halogens is 1. The van der Waals surface area contributed by atoms with Crippen LogP contribution in [0.25, 0.3) is 0 Å². The molecule has 1 aromatic heterocycles. The highest BCUT2D eigenvalue weighted by atomic mass is 19.1. The first-order chi connectivity index (χ1) is 12.5. The Morgan fingerprint density at radius 1 is 0.962 bits per heavy atom. The average Bonchev–Trinajstić information content (AvgIpc) is 3.08. The number of nitrogens with one attached hydrogen (secondary N) is 2. The number of rotatable bonds is 5. The Kier molecular flexibility index (Phi) is 5.12. The molecule has 0 atom stereocenters. The maximum Gasteiger partial charge on any atom is 0.259 e. The molecule has 5 nitrogen and oxygen atoms in total. The summed E-state index contributed by atoms with van der Waals surface area (Å²) >= 11 is 0. The Bertz CT molecular complexity index is 915. The highest BCUT2D eigenvalue weighted by Crippen LogP contribution is 2.14. The Balaban J connectivity index is 1.58. The fourth-order valence-electron chi connectivity index (χ4n) is 2.41. The molecule has 2 amide bonds. The van der Waals surface area contributed by atoms with Crippen molar-refractivity contribution < 1.29 is 18.4 Å². The van der Waals surface area contributed by atoms with Gasteiger partial charge in [0, 0.05) is 17.8 Å². The number of aryl methyl sites for hydroxylation is 1. The van der Waals surface area contributed by atoms with Gasteiger partial charge in [-0.15, -0.1) is 0 Å². The maximum absolute atomic E-state index is 12.9. The highest BCUT2D eigenvalue weighted by Gasteiger charge is 2.12. The zero-order valence-corrected chi connectivity index (χ0v) is 14.1. The lowest BCUT2D eigenvalue weighted by Crippen LogP contribution is -2.22. The summed E-state index contributed by atoms with van der Waals surface area (Å²) in [5.41, 5.74) is 2.31. The molecule has 0 unspecified atom stereocenters. The van der Waals surface area contributed by atoms with Crippen LogP contribution in [0.1, 0.15) is 32.0 Å². The van der Waals surface area contributed by atoms with Crippen molar-refractivity contribution in [1.82, 2.24) is 5.32 Å². The molecule has 2 aromatic carbocycles. The fraction of sp³-hybridized carbons (Fsp3) is 0.100. The van der Waals surface area contributed by atoms with Gasteiger partial charge in [0.1, 0.15) is 11.6 Å². The van der Waals surface area contributed by atoms with E-state index in [0.717, 1.165) is 5.56 Å². The normalized spacial score (nSPS) is 10.4. The van der Waals surface area contributed by atoms with Crippen LogP contribution in [0.3, 0.4) is 0 Å². The van der Waals surface area contributed by atoms with Gasteiger partial charge in [0.05, 0.1) is 11.8 Å². The topological polar surface area (TPSA) is 71.3 Å². The zero-order chi connectivity index (χ0) is 18.5. The van der Waals surface area contributed by atoms with E-state index in [2.05, 4.69) is 10.6 Å². The van der Waals surface area contributed by atoms with Gasteiger partial charge < -0.3 is 15.1 Å². The van der Waals surface area contributed by atoms with E-state index in [9.17, 15) is 14.0 Å². The van der Waals surface area contributed by atoms with Crippen molar-refractivity contribution in [2.24, 2.45) is 0 Å². The van der Waals surface area contributed by atoms with E-state index < -0.39 is 0 Å². The number of carbonyl (C=O) groups is 2. The van der Waals surface area contributed by atoms with Gasteiger partial charge in [0.25, 0.3) is 11.8 Å². The molecule has 132 valence electrons. The molecule has 1 heterocycles. The third-order valence-electron chi connectivity index (χ3n) is 3.87. The molecule has 0 aliphatic heterocycles. The molecule has 0 fully saturated rings. The largest absolute Gasteiger partial charge is 0.469 e. The number of hydrogen-bond donors (Lipinski definition) is 2. The van der Waals surface area contributed by atoms with Crippen LogP contribution in [0.5, 0.6) is 0 Å². The number of benzene rings is 2. The monoisotopic (exact) mass is 352 g/mol. The van der Waals surface area contributed by atoms with Crippen LogP contribution in [0, 0.1) is 12.7 Å². The third-order valence-corrected chi connectivity index (χ3v) is 3.87. The number of hydrogen-bond acceptors (Lipinski definition) is 3. The van der Waals surface area contributed by atoms with Gasteiger partial charge in [-0.25, -0.2) is 4.39 Å². The fourth-order valence-corrected chi connectivity index (χ4v) is 2.41. The van der Waals surface area contributed by atoms with Gasteiger partial charge in [0.15, 0.2) is 0 Å². The molecule has 3 rings (SSSR count). The van der Waals surface area contributed by atoms with Gasteiger partial charge in [-0.2, -0.15) is 0 Å². The van der Waals surface area contributed by atoms with Crippen molar-refractivity contribution >= 4 is 17.5 Å². The van der Waals surface area contributed by atoms with E-state index in [4.69, 9.17) is 4.42 Å². The Labute approximate surface area is 149 Å². The predicted octanol–water partition coefficient (Wildman–Crippen LogP) is 3.91. The average molecular weight is 352 g/mol. The lowest BCUT2D eigenvalue weighted by molar-refractivity contribution is 0.0950. The van der Waals surface area contributed by atoms with Crippen molar-refractivity contribution in [1.29, 1.82) is 0 Å². The number of amides is 2. The summed E-state index contributed by atoms with van der Waals surface area (Å²) in [5, 5.41) is 5.51. The lowest BCUT2D eigenvalue weighted by atomic mass is 10.1. The van der Waals surface area contributed by atoms with Crippen molar-refractivity contribution in [3.8, 4) is 0 Å². The van der Waals surface area contributed by atoms with E-state index in [1.165, 1.54) is 18.4 Å². The molecular weight excluding hydrogens is 335 g/mol. The van der Waals surface area contributed by atoms with Gasteiger partial charge in [-0.1, -0.05) is 12.1 Å². The van der Waals surface area contributed by atoms with Gasteiger partial charge >= 0.3 is 0 Å². The summed E-state index contributed by atoms with van der Waals surface area (Å²) in [7, 11) is 0. The van der Waals surface area contributed by atoms with E-state index in [-0.39, 0.29) is 17.6 Å². The Hall–Kier alpha value is -3.41. The first kappa shape index (κ1) is 17.4. The summed E-state index contributed by atoms with van der Waals surface area (Å²) in [6, 6.07) is 14.1. The van der Waals surface area contributed by atoms with Gasteiger partial charge in [-0.05, 0) is 55.0 Å². The number of anilines is 1. The molecule has 2 N–H and O–H groups in total. The minimum Gasteiger partial charge on any atom is -0.469 e. The molecule has 3 aromatic rings. The molecular formula is C20H17FN2O3. The maximum atomic E-state index is 12.9. The van der Waals surface area contributed by atoms with Crippen molar-refractivity contribution in [3.05, 3.63) is 89.1 Å². The van der Waals surface area contributed by atoms with Crippen LogP contribution in [-0.4, -0.2) is 11.8 Å². The Morgan fingerprint density at radius 2 is 1.65 bits per heavy atom. The molecule has 0 saturated heterocycles. The molecule has 0 saturated carbocycles. The minimum atomic E-state index is -0.316. The van der Waals surface area contributed by atoms with Crippen LogP contribution >= 0.6 is 0 Å². The summed E-state index contributed by atoms with van der Waals surface area (Å²) in [6.45, 7) is 2.01. The second-order valence-corrected chi connectivity index (χ2v) is 5.73. The molecule has 26 heavy (non-hydrogen) atoms. The van der Waals surface area contributed by atoms with E-state index in [1.807, 2.05) is 0 Å². The van der Waals surface area contributed by atoms with Crippen LogP contribution in [-0.2, 0) is 6.54 Å². The second-order valence-electron chi connectivity index (χ2n) is 5.73. The van der Waals surface area contributed by atoms with E-state index >= 15 is 0 Å². The standard InChI is InChI=1S/C20H17FN2O3/c1-13-18(10-11-26-13)20(25)23-17-8-4-15(5-9-17)19(24)22-12-14-2-6-16(21)7-3-14/h2-11H,12H2,1H3,(H,22,24)(H,23,25). The predicted molar refractivity (Wildman–Crippen MR) is 95.4 cm³/mol. The zero-order valence-electron chi connectivity index (χ0n) is 14.1. The third kappa shape index (κ3) is 4.16. The summed E-state index contributed by atoms with van der Waals surface area (Å²) < 4.78 is 18.0. The molecule has 6 heteroatoms. The smallest absolute Gasteiger partial charge is 0.259 e. The summed E-state index contributed by atoms with van der Waals surface area (Å²) in [5.74, 6) is -0.301. The van der Waals surface area contributed by atoms with E-state index in [0.29, 0.717) is 29.1 Å². The summed E-state index contributed by atoms with van der Waals surface area (Å²) in [6.07, 6.45) is 1.46. The molecule has 0 aliphatic carbocycles. The van der Waals surface area contributed by atoms with Crippen molar-refractivity contribution in [2.75, 3.05) is 5.32 Å². The SMILES string of the molecule is Cc1occc1C(=O)Nc1ccc(C(=O)NCc2ccc(F)cc2)cc1. The first-order valence-electron chi connectivity index (χ1n) is 8.01. The van der Waals surface area contributed by atoms with Crippen LogP contribution in [0.2, 0.25) is 0 Å². The van der Waals surface area contributed by atoms with Crippen LogP contribution < -0.4 is 10.6 Å². The quantitative estimate of drug-likeness (QED) is 0.731. The lowest BCUT2D eigenvalue weighted by Gasteiger charge is -2.08. The van der Waals surface area contributed by atoms with Crippen molar-refractivity contribution in [2.45, 2.75) is 13.5 Å². The summed E-state index contributed by atoms with van der Waals surface area (Å²) in [4.78, 5) is 24.3. The Morgan fingerprint density at radius 3 is 2.27 bits per heavy atom. The molecule has 0 spiro atoms. The van der Waals surface area contributed by atoms with Gasteiger partial charge in [-0.3, -0.25) is 9.59 Å². The minimum absolute atomic E-state index is 0.252. The second kappa shape index (κ2) is 7.65. The number of carbonyl (C=O) groups excluding carboxylic acids is 2.